The summed E-state index contributed by atoms with van der Waals surface area (Å²) in [4.78, 5) is 0. The van der Waals surface area contributed by atoms with Crippen LogP contribution in [0.1, 0.15) is 17.2 Å². The Hall–Kier alpha value is -2.66. The fraction of sp³-hybridized carbons (Fsp3) is 0.0667. The van der Waals surface area contributed by atoms with E-state index < -0.39 is 6.10 Å². The predicted molar refractivity (Wildman–Crippen MR) is 71.4 cm³/mol. The Balaban J connectivity index is 2.01. The molecule has 4 N–H and O–H groups in total. The van der Waals surface area contributed by atoms with Crippen LogP contribution in [0.4, 0.5) is 0 Å². The van der Waals surface area contributed by atoms with Crippen LogP contribution in [0.5, 0.6) is 23.0 Å². The third-order valence-electron chi connectivity index (χ3n) is 3.10. The lowest BCUT2D eigenvalue weighted by atomic mass is 10.0. The van der Waals surface area contributed by atoms with E-state index in [1.807, 2.05) is 0 Å². The molecule has 0 radical (unpaired) electrons. The molecule has 1 aliphatic heterocycles. The minimum Gasteiger partial charge on any atom is -0.508 e. The Morgan fingerprint density at radius 1 is 0.900 bits per heavy atom. The SMILES string of the molecule is Oc1ccc2c(c1)C(O)C=C(c1ccc(O)c(O)c1)O2. The summed E-state index contributed by atoms with van der Waals surface area (Å²) in [5, 5.41) is 38.3. The van der Waals surface area contributed by atoms with Crippen molar-refractivity contribution in [1.82, 2.24) is 0 Å². The van der Waals surface area contributed by atoms with E-state index in [4.69, 9.17) is 4.74 Å². The number of fused-ring (bicyclic) bond motifs is 1. The number of hydrogen-bond donors (Lipinski definition) is 4. The van der Waals surface area contributed by atoms with Crippen molar-refractivity contribution in [3.05, 3.63) is 53.6 Å². The number of phenols is 3. The molecule has 3 rings (SSSR count). The molecule has 0 saturated carbocycles. The van der Waals surface area contributed by atoms with E-state index >= 15 is 0 Å². The van der Waals surface area contributed by atoms with Gasteiger partial charge in [0.2, 0.25) is 0 Å². The molecule has 0 saturated heterocycles. The molecule has 1 heterocycles. The minimum absolute atomic E-state index is 0.0468. The first-order valence-electron chi connectivity index (χ1n) is 5.97. The van der Waals surface area contributed by atoms with E-state index in [0.717, 1.165) is 0 Å². The molecule has 5 heteroatoms. The summed E-state index contributed by atoms with van der Waals surface area (Å²) in [5.41, 5.74) is 0.995. The van der Waals surface area contributed by atoms with Crippen molar-refractivity contribution >= 4 is 5.76 Å². The van der Waals surface area contributed by atoms with E-state index in [2.05, 4.69) is 0 Å². The maximum Gasteiger partial charge on any atom is 0.158 e. The molecule has 20 heavy (non-hydrogen) atoms. The lowest BCUT2D eigenvalue weighted by Gasteiger charge is -2.22. The minimum atomic E-state index is -0.920. The van der Waals surface area contributed by atoms with Crippen molar-refractivity contribution in [2.24, 2.45) is 0 Å². The van der Waals surface area contributed by atoms with Crippen molar-refractivity contribution in [2.45, 2.75) is 6.10 Å². The van der Waals surface area contributed by atoms with Crippen LogP contribution in [-0.4, -0.2) is 20.4 Å². The number of aliphatic hydroxyl groups excluding tert-OH is 1. The summed E-state index contributed by atoms with van der Waals surface area (Å²) in [7, 11) is 0. The molecule has 2 aromatic carbocycles. The van der Waals surface area contributed by atoms with Gasteiger partial charge in [-0.3, -0.25) is 0 Å². The van der Waals surface area contributed by atoms with E-state index in [-0.39, 0.29) is 17.2 Å². The van der Waals surface area contributed by atoms with Gasteiger partial charge in [0.05, 0.1) is 0 Å². The third-order valence-corrected chi connectivity index (χ3v) is 3.10. The Labute approximate surface area is 114 Å². The summed E-state index contributed by atoms with van der Waals surface area (Å²) in [6.07, 6.45) is 0.546. The zero-order valence-electron chi connectivity index (χ0n) is 10.3. The molecule has 1 aliphatic rings. The lowest BCUT2D eigenvalue weighted by Crippen LogP contribution is -2.08. The van der Waals surface area contributed by atoms with Gasteiger partial charge in [-0.25, -0.2) is 0 Å². The van der Waals surface area contributed by atoms with Gasteiger partial charge in [0.15, 0.2) is 11.5 Å². The zero-order valence-corrected chi connectivity index (χ0v) is 10.3. The molecule has 5 nitrogen and oxygen atoms in total. The highest BCUT2D eigenvalue weighted by molar-refractivity contribution is 5.68. The Bertz CT molecular complexity index is 705. The highest BCUT2D eigenvalue weighted by Crippen LogP contribution is 2.39. The molecule has 102 valence electrons. The van der Waals surface area contributed by atoms with Crippen molar-refractivity contribution in [2.75, 3.05) is 0 Å². The summed E-state index contributed by atoms with van der Waals surface area (Å²) >= 11 is 0. The number of aliphatic hydroxyl groups is 1. The summed E-state index contributed by atoms with van der Waals surface area (Å²) in [5.74, 6) is 0.353. The van der Waals surface area contributed by atoms with Gasteiger partial charge in [0.25, 0.3) is 0 Å². The fourth-order valence-electron chi connectivity index (χ4n) is 2.08. The van der Waals surface area contributed by atoms with E-state index in [1.54, 1.807) is 12.1 Å². The molecule has 0 aliphatic carbocycles. The normalized spacial score (nSPS) is 17.1. The first kappa shape index (κ1) is 12.4. The standard InChI is InChI=1S/C15H12O5/c16-9-2-4-14-10(6-9)12(18)7-15(20-14)8-1-3-11(17)13(19)5-8/h1-7,12,16-19H. The molecule has 0 aromatic heterocycles. The van der Waals surface area contributed by atoms with Crippen molar-refractivity contribution in [1.29, 1.82) is 0 Å². The number of aromatic hydroxyl groups is 3. The van der Waals surface area contributed by atoms with Crippen LogP contribution in [0.25, 0.3) is 5.76 Å². The first-order valence-corrected chi connectivity index (χ1v) is 5.97. The molecule has 0 spiro atoms. The smallest absolute Gasteiger partial charge is 0.158 e. The zero-order chi connectivity index (χ0) is 14.3. The largest absolute Gasteiger partial charge is 0.508 e. The average Bonchev–Trinajstić information content (AvgIpc) is 2.42. The molecular formula is C15H12O5. The number of ether oxygens (including phenoxy) is 1. The number of benzene rings is 2. The Morgan fingerprint density at radius 2 is 1.70 bits per heavy atom. The van der Waals surface area contributed by atoms with Crippen LogP contribution >= 0.6 is 0 Å². The molecule has 1 atom stereocenters. The van der Waals surface area contributed by atoms with Gasteiger partial charge >= 0.3 is 0 Å². The van der Waals surface area contributed by atoms with Crippen molar-refractivity contribution in [3.8, 4) is 23.0 Å². The Morgan fingerprint density at radius 3 is 2.45 bits per heavy atom. The van der Waals surface area contributed by atoms with Gasteiger partial charge in [0, 0.05) is 11.1 Å². The van der Waals surface area contributed by atoms with Crippen LogP contribution in [0, 0.1) is 0 Å². The summed E-state index contributed by atoms with van der Waals surface area (Å²) in [6, 6.07) is 8.71. The monoisotopic (exact) mass is 272 g/mol. The van der Waals surface area contributed by atoms with Crippen LogP contribution in [-0.2, 0) is 0 Å². The second-order valence-electron chi connectivity index (χ2n) is 4.50. The fourth-order valence-corrected chi connectivity index (χ4v) is 2.08. The van der Waals surface area contributed by atoms with Gasteiger partial charge < -0.3 is 25.2 Å². The highest BCUT2D eigenvalue weighted by atomic mass is 16.5. The average molecular weight is 272 g/mol. The van der Waals surface area contributed by atoms with Gasteiger partial charge in [-0.05, 0) is 42.5 Å². The highest BCUT2D eigenvalue weighted by Gasteiger charge is 2.21. The van der Waals surface area contributed by atoms with Crippen LogP contribution < -0.4 is 4.74 Å². The van der Waals surface area contributed by atoms with Gasteiger partial charge in [0.1, 0.15) is 23.4 Å². The van der Waals surface area contributed by atoms with Crippen molar-refractivity contribution in [3.63, 3.8) is 0 Å². The quantitative estimate of drug-likeness (QED) is 0.598. The topological polar surface area (TPSA) is 90.2 Å². The number of rotatable bonds is 1. The molecular weight excluding hydrogens is 260 g/mol. The Kier molecular flexibility index (Phi) is 2.76. The summed E-state index contributed by atoms with van der Waals surface area (Å²) in [6.45, 7) is 0. The molecule has 0 bridgehead atoms. The molecule has 0 amide bonds. The number of hydrogen-bond acceptors (Lipinski definition) is 5. The summed E-state index contributed by atoms with van der Waals surface area (Å²) < 4.78 is 5.64. The van der Waals surface area contributed by atoms with E-state index in [9.17, 15) is 20.4 Å². The lowest BCUT2D eigenvalue weighted by molar-refractivity contribution is 0.216. The van der Waals surface area contributed by atoms with Crippen LogP contribution in [0.15, 0.2) is 42.5 Å². The van der Waals surface area contributed by atoms with Crippen LogP contribution in [0.3, 0.4) is 0 Å². The van der Waals surface area contributed by atoms with Crippen LogP contribution in [0.2, 0.25) is 0 Å². The van der Waals surface area contributed by atoms with Gasteiger partial charge in [-0.2, -0.15) is 0 Å². The first-order chi connectivity index (χ1) is 9.54. The second-order valence-corrected chi connectivity index (χ2v) is 4.50. The molecule has 2 aromatic rings. The van der Waals surface area contributed by atoms with E-state index in [1.165, 1.54) is 30.3 Å². The van der Waals surface area contributed by atoms with Gasteiger partial charge in [-0.15, -0.1) is 0 Å². The van der Waals surface area contributed by atoms with Crippen molar-refractivity contribution < 1.29 is 25.2 Å². The molecule has 0 fully saturated rings. The maximum absolute atomic E-state index is 10.1. The predicted octanol–water partition coefficient (Wildman–Crippen LogP) is 2.27. The van der Waals surface area contributed by atoms with E-state index in [0.29, 0.717) is 22.6 Å². The van der Waals surface area contributed by atoms with Gasteiger partial charge in [-0.1, -0.05) is 0 Å². The third kappa shape index (κ3) is 2.04. The molecule has 1 unspecified atom stereocenters. The maximum atomic E-state index is 10.1. The number of phenolic OH excluding ortho intramolecular Hbond substituents is 3. The second kappa shape index (κ2) is 4.47.